The Bertz CT molecular complexity index is 1290. The Morgan fingerprint density at radius 1 is 1.09 bits per heavy atom. The third kappa shape index (κ3) is 4.42. The molecule has 0 saturated heterocycles. The monoisotopic (exact) mass is 466 g/mol. The van der Waals surface area contributed by atoms with Crippen LogP contribution in [0.25, 0.3) is 17.2 Å². The Balaban J connectivity index is 1.52. The van der Waals surface area contributed by atoms with Crippen LogP contribution in [0.4, 0.5) is 5.13 Å². The highest BCUT2D eigenvalue weighted by atomic mass is 35.5. The molecule has 0 aliphatic heterocycles. The molecule has 2 heterocycles. The van der Waals surface area contributed by atoms with E-state index in [4.69, 9.17) is 11.6 Å². The summed E-state index contributed by atoms with van der Waals surface area (Å²) in [6.45, 7) is 10.2. The summed E-state index contributed by atoms with van der Waals surface area (Å²) in [6, 6.07) is 13.3. The van der Waals surface area contributed by atoms with E-state index in [-0.39, 0.29) is 11.3 Å². The third-order valence-electron chi connectivity index (χ3n) is 5.17. The standard InChI is InChI=1S/C23H23ClN6OS/c1-13-6-11-17(12-18(13)24)30-14(2)19(27-29-30)20-25-22(32-28-20)26-21(31)15-7-9-16(10-8-15)23(3,4)5/h6-12H,1-5H3,(H,25,26,28,31). The number of aryl methyl sites for hydroxylation is 1. The summed E-state index contributed by atoms with van der Waals surface area (Å²) in [4.78, 5) is 17.1. The molecule has 0 radical (unpaired) electrons. The number of anilines is 1. The highest BCUT2D eigenvalue weighted by Crippen LogP contribution is 2.26. The normalized spacial score (nSPS) is 11.6. The van der Waals surface area contributed by atoms with Crippen molar-refractivity contribution in [3.05, 3.63) is 69.9 Å². The minimum absolute atomic E-state index is 0.0301. The minimum atomic E-state index is -0.233. The van der Waals surface area contributed by atoms with Crippen molar-refractivity contribution >= 4 is 34.2 Å². The maximum atomic E-state index is 12.6. The van der Waals surface area contributed by atoms with E-state index in [2.05, 4.69) is 45.8 Å². The van der Waals surface area contributed by atoms with Crippen LogP contribution < -0.4 is 5.32 Å². The second-order valence-electron chi connectivity index (χ2n) is 8.57. The van der Waals surface area contributed by atoms with E-state index in [0.717, 1.165) is 28.5 Å². The zero-order valence-corrected chi connectivity index (χ0v) is 20.0. The van der Waals surface area contributed by atoms with E-state index in [1.165, 1.54) is 5.56 Å². The van der Waals surface area contributed by atoms with Crippen LogP contribution in [-0.4, -0.2) is 30.3 Å². The van der Waals surface area contributed by atoms with Gasteiger partial charge in [-0.2, -0.15) is 9.36 Å². The average Bonchev–Trinajstić information content (AvgIpc) is 3.36. The van der Waals surface area contributed by atoms with Gasteiger partial charge in [-0.05, 0) is 54.7 Å². The maximum absolute atomic E-state index is 12.6. The second-order valence-corrected chi connectivity index (χ2v) is 9.73. The molecule has 0 aliphatic rings. The number of hydrogen-bond donors (Lipinski definition) is 1. The molecule has 0 saturated carbocycles. The fourth-order valence-electron chi connectivity index (χ4n) is 3.16. The zero-order valence-electron chi connectivity index (χ0n) is 18.5. The van der Waals surface area contributed by atoms with Crippen LogP contribution in [0.5, 0.6) is 0 Å². The first-order valence-corrected chi connectivity index (χ1v) is 11.2. The average molecular weight is 467 g/mol. The summed E-state index contributed by atoms with van der Waals surface area (Å²) in [5.41, 5.74) is 4.88. The molecule has 2 aromatic heterocycles. The molecule has 0 fully saturated rings. The summed E-state index contributed by atoms with van der Waals surface area (Å²) in [5, 5.41) is 12.3. The van der Waals surface area contributed by atoms with E-state index in [1.54, 1.807) is 4.68 Å². The maximum Gasteiger partial charge on any atom is 0.257 e. The Morgan fingerprint density at radius 2 is 1.81 bits per heavy atom. The Kier molecular flexibility index (Phi) is 5.83. The van der Waals surface area contributed by atoms with Gasteiger partial charge in [0.15, 0.2) is 11.5 Å². The number of halogens is 1. The fourth-order valence-corrected chi connectivity index (χ4v) is 3.90. The molecule has 4 rings (SSSR count). The molecule has 0 aliphatic carbocycles. The van der Waals surface area contributed by atoms with Gasteiger partial charge in [-0.3, -0.25) is 10.1 Å². The van der Waals surface area contributed by atoms with Crippen LogP contribution in [0.15, 0.2) is 42.5 Å². The summed E-state index contributed by atoms with van der Waals surface area (Å²) in [6.07, 6.45) is 0. The van der Waals surface area contributed by atoms with Gasteiger partial charge in [0.1, 0.15) is 0 Å². The largest absolute Gasteiger partial charge is 0.297 e. The molecule has 1 amide bonds. The van der Waals surface area contributed by atoms with Crippen molar-refractivity contribution in [2.45, 2.75) is 40.0 Å². The number of nitrogens with one attached hydrogen (secondary N) is 1. The lowest BCUT2D eigenvalue weighted by atomic mass is 9.87. The number of carbonyl (C=O) groups excluding carboxylic acids is 1. The lowest BCUT2D eigenvalue weighted by molar-refractivity contribution is 0.102. The van der Waals surface area contributed by atoms with Crippen LogP contribution >= 0.6 is 23.1 Å². The van der Waals surface area contributed by atoms with E-state index in [1.807, 2.05) is 56.3 Å². The van der Waals surface area contributed by atoms with Crippen LogP contribution in [0, 0.1) is 13.8 Å². The summed E-state index contributed by atoms with van der Waals surface area (Å²) < 4.78 is 6.04. The van der Waals surface area contributed by atoms with Crippen molar-refractivity contribution < 1.29 is 4.79 Å². The third-order valence-corrected chi connectivity index (χ3v) is 6.20. The van der Waals surface area contributed by atoms with Crippen molar-refractivity contribution in [3.8, 4) is 17.2 Å². The van der Waals surface area contributed by atoms with Crippen molar-refractivity contribution in [1.82, 2.24) is 24.4 Å². The highest BCUT2D eigenvalue weighted by Gasteiger charge is 2.19. The quantitative estimate of drug-likeness (QED) is 0.422. The molecular formula is C23H23ClN6OS. The number of hydrogen-bond acceptors (Lipinski definition) is 6. The van der Waals surface area contributed by atoms with Gasteiger partial charge in [0, 0.05) is 22.1 Å². The van der Waals surface area contributed by atoms with Gasteiger partial charge in [0.05, 0.1) is 11.4 Å². The topological polar surface area (TPSA) is 85.6 Å². The predicted molar refractivity (Wildman–Crippen MR) is 128 cm³/mol. The minimum Gasteiger partial charge on any atom is -0.297 e. The first kappa shape index (κ1) is 22.1. The lowest BCUT2D eigenvalue weighted by Crippen LogP contribution is -2.14. The van der Waals surface area contributed by atoms with E-state index >= 15 is 0 Å². The van der Waals surface area contributed by atoms with Crippen molar-refractivity contribution in [3.63, 3.8) is 0 Å². The first-order valence-electron chi connectivity index (χ1n) is 10.1. The van der Waals surface area contributed by atoms with Gasteiger partial charge >= 0.3 is 0 Å². The van der Waals surface area contributed by atoms with Gasteiger partial charge in [0.2, 0.25) is 5.13 Å². The molecule has 7 nitrogen and oxygen atoms in total. The predicted octanol–water partition coefficient (Wildman–Crippen LogP) is 5.61. The second kappa shape index (κ2) is 8.44. The first-order chi connectivity index (χ1) is 15.1. The van der Waals surface area contributed by atoms with Gasteiger partial charge in [-0.25, -0.2) is 4.68 Å². The molecule has 32 heavy (non-hydrogen) atoms. The van der Waals surface area contributed by atoms with Crippen LogP contribution in [0.3, 0.4) is 0 Å². The molecule has 0 bridgehead atoms. The Labute approximate surface area is 195 Å². The van der Waals surface area contributed by atoms with Gasteiger partial charge in [-0.1, -0.05) is 55.8 Å². The molecule has 164 valence electrons. The Morgan fingerprint density at radius 3 is 2.47 bits per heavy atom. The number of rotatable bonds is 4. The Hall–Kier alpha value is -3.10. The van der Waals surface area contributed by atoms with E-state index in [9.17, 15) is 4.79 Å². The smallest absolute Gasteiger partial charge is 0.257 e. The highest BCUT2D eigenvalue weighted by molar-refractivity contribution is 7.10. The van der Waals surface area contributed by atoms with Crippen molar-refractivity contribution in [2.24, 2.45) is 0 Å². The lowest BCUT2D eigenvalue weighted by Gasteiger charge is -2.18. The van der Waals surface area contributed by atoms with E-state index in [0.29, 0.717) is 27.2 Å². The molecule has 4 aromatic rings. The zero-order chi connectivity index (χ0) is 23.0. The summed E-state index contributed by atoms with van der Waals surface area (Å²) >= 11 is 7.35. The molecule has 2 aromatic carbocycles. The summed E-state index contributed by atoms with van der Waals surface area (Å²) in [5.74, 6) is 0.179. The molecular weight excluding hydrogens is 444 g/mol. The van der Waals surface area contributed by atoms with Crippen molar-refractivity contribution in [1.29, 1.82) is 0 Å². The number of aromatic nitrogens is 5. The number of benzene rings is 2. The molecule has 0 atom stereocenters. The SMILES string of the molecule is Cc1ccc(-n2nnc(-c3nsc(NC(=O)c4ccc(C(C)(C)C)cc4)n3)c2C)cc1Cl. The number of carbonyl (C=O) groups is 1. The summed E-state index contributed by atoms with van der Waals surface area (Å²) in [7, 11) is 0. The molecule has 0 unspecified atom stereocenters. The van der Waals surface area contributed by atoms with E-state index < -0.39 is 0 Å². The van der Waals surface area contributed by atoms with Crippen LogP contribution in [-0.2, 0) is 5.41 Å². The van der Waals surface area contributed by atoms with Gasteiger partial charge in [-0.15, -0.1) is 5.10 Å². The van der Waals surface area contributed by atoms with Crippen LogP contribution in [0.2, 0.25) is 5.02 Å². The number of amides is 1. The molecule has 1 N–H and O–H groups in total. The fraction of sp³-hybridized carbons (Fsp3) is 0.261. The van der Waals surface area contributed by atoms with Gasteiger partial charge in [0.25, 0.3) is 5.91 Å². The van der Waals surface area contributed by atoms with Crippen LogP contribution in [0.1, 0.15) is 48.0 Å². The van der Waals surface area contributed by atoms with Crippen molar-refractivity contribution in [2.75, 3.05) is 5.32 Å². The molecule has 9 heteroatoms. The number of nitrogens with zero attached hydrogens (tertiary/aromatic N) is 5. The van der Waals surface area contributed by atoms with Gasteiger partial charge < -0.3 is 0 Å². The molecule has 0 spiro atoms.